The zero-order chi connectivity index (χ0) is 15.9. The maximum Gasteiger partial charge on any atom is 0.388 e. The first-order chi connectivity index (χ1) is 10.5. The molecule has 22 heavy (non-hydrogen) atoms. The quantitative estimate of drug-likeness (QED) is 0.366. The number of fused-ring (bicyclic) bond motifs is 1. The number of thioether (sulfide) groups is 1. The summed E-state index contributed by atoms with van der Waals surface area (Å²) in [7, 11) is 0. The van der Waals surface area contributed by atoms with Crippen molar-refractivity contribution in [1.82, 2.24) is 4.90 Å². The second-order valence-electron chi connectivity index (χ2n) is 5.77. The van der Waals surface area contributed by atoms with Gasteiger partial charge in [0, 0.05) is 4.75 Å². The molecule has 0 unspecified atom stereocenters. The number of rotatable bonds is 3. The van der Waals surface area contributed by atoms with E-state index in [9.17, 15) is 9.59 Å². The molecule has 114 valence electrons. The Kier molecular flexibility index (Phi) is 3.54. The molecule has 6 nitrogen and oxygen atoms in total. The molecule has 1 aromatic rings. The lowest BCUT2D eigenvalue weighted by atomic mass is 9.97. The Labute approximate surface area is 132 Å². The minimum Gasteiger partial charge on any atom is -0.459 e. The van der Waals surface area contributed by atoms with Gasteiger partial charge in [-0.3, -0.25) is 9.69 Å². The lowest BCUT2D eigenvalue weighted by Gasteiger charge is -2.33. The maximum atomic E-state index is 12.4. The van der Waals surface area contributed by atoms with Gasteiger partial charge in [0.1, 0.15) is 12.6 Å². The molecule has 0 N–H and O–H groups in total. The second-order valence-corrected chi connectivity index (χ2v) is 7.50. The first-order valence-electron chi connectivity index (χ1n) is 6.88. The van der Waals surface area contributed by atoms with E-state index in [1.165, 1.54) is 16.7 Å². The van der Waals surface area contributed by atoms with Crippen molar-refractivity contribution in [3.05, 3.63) is 41.4 Å². The van der Waals surface area contributed by atoms with Crippen LogP contribution in [0.1, 0.15) is 19.4 Å². The van der Waals surface area contributed by atoms with E-state index in [2.05, 4.69) is 4.79 Å². The maximum absolute atomic E-state index is 12.4. The summed E-state index contributed by atoms with van der Waals surface area (Å²) in [5.41, 5.74) is 9.85. The minimum absolute atomic E-state index is 0.0939. The fourth-order valence-corrected chi connectivity index (χ4v) is 4.26. The van der Waals surface area contributed by atoms with Crippen molar-refractivity contribution < 1.29 is 19.1 Å². The third-order valence-electron chi connectivity index (χ3n) is 3.85. The molecule has 1 amide bonds. The predicted octanol–water partition coefficient (Wildman–Crippen LogP) is 1.46. The number of ether oxygens (including phenoxy) is 1. The van der Waals surface area contributed by atoms with Crippen LogP contribution in [0, 0.1) is 0 Å². The van der Waals surface area contributed by atoms with E-state index in [0.717, 1.165) is 5.56 Å². The highest BCUT2D eigenvalue weighted by molar-refractivity contribution is 8.02. The van der Waals surface area contributed by atoms with Crippen LogP contribution in [0.3, 0.4) is 0 Å². The average molecular weight is 317 g/mol. The normalized spacial score (nSPS) is 25.3. The van der Waals surface area contributed by atoms with Crippen LogP contribution in [0.15, 0.2) is 30.3 Å². The largest absolute Gasteiger partial charge is 0.459 e. The van der Waals surface area contributed by atoms with Crippen LogP contribution in [0.4, 0.5) is 0 Å². The van der Waals surface area contributed by atoms with Crippen LogP contribution >= 0.6 is 11.8 Å². The number of carbonyl (C=O) groups excluding carboxylic acids is 2. The van der Waals surface area contributed by atoms with Crippen molar-refractivity contribution in [3.63, 3.8) is 0 Å². The van der Waals surface area contributed by atoms with Gasteiger partial charge >= 0.3 is 17.6 Å². The summed E-state index contributed by atoms with van der Waals surface area (Å²) in [4.78, 5) is 28.9. The monoisotopic (exact) mass is 317 g/mol. The van der Waals surface area contributed by atoms with E-state index < -0.39 is 22.7 Å². The molecule has 0 aromatic heterocycles. The van der Waals surface area contributed by atoms with Gasteiger partial charge in [-0.15, -0.1) is 11.8 Å². The first-order valence-corrected chi connectivity index (χ1v) is 7.76. The number of nitrogens with zero attached hydrogens (tertiary/aromatic N) is 3. The molecule has 2 saturated heterocycles. The smallest absolute Gasteiger partial charge is 0.388 e. The molecular formula is C15H15N3O3S. The highest BCUT2D eigenvalue weighted by Crippen LogP contribution is 2.49. The van der Waals surface area contributed by atoms with Crippen LogP contribution < -0.4 is 0 Å². The molecule has 0 radical (unpaired) electrons. The summed E-state index contributed by atoms with van der Waals surface area (Å²) < 4.78 is 4.87. The molecule has 3 rings (SSSR count). The molecule has 2 atom stereocenters. The Bertz CT molecular complexity index is 683. The van der Waals surface area contributed by atoms with Gasteiger partial charge in [-0.05, 0) is 19.4 Å². The van der Waals surface area contributed by atoms with Crippen molar-refractivity contribution in [2.75, 3.05) is 0 Å². The zero-order valence-electron chi connectivity index (χ0n) is 12.2. The molecule has 7 heteroatoms. The highest BCUT2D eigenvalue weighted by atomic mass is 32.2. The molecule has 2 aliphatic rings. The summed E-state index contributed by atoms with van der Waals surface area (Å²) in [5, 5.41) is -0.373. The molecule has 0 aliphatic carbocycles. The lowest BCUT2D eigenvalue weighted by Crippen LogP contribution is -2.63. The van der Waals surface area contributed by atoms with Crippen LogP contribution in [-0.4, -0.2) is 43.4 Å². The Morgan fingerprint density at radius 3 is 2.73 bits per heavy atom. The number of hydrogen-bond donors (Lipinski definition) is 0. The molecule has 1 aromatic carbocycles. The Morgan fingerprint density at radius 1 is 1.41 bits per heavy atom. The Balaban J connectivity index is 1.74. The van der Waals surface area contributed by atoms with Crippen molar-refractivity contribution in [3.8, 4) is 0 Å². The third-order valence-corrected chi connectivity index (χ3v) is 5.35. The van der Waals surface area contributed by atoms with Crippen LogP contribution in [-0.2, 0) is 20.9 Å². The van der Waals surface area contributed by atoms with Gasteiger partial charge in [-0.1, -0.05) is 30.3 Å². The van der Waals surface area contributed by atoms with Crippen LogP contribution in [0.25, 0.3) is 5.53 Å². The average Bonchev–Trinajstić information content (AvgIpc) is 2.74. The molecule has 2 aliphatic heterocycles. The summed E-state index contributed by atoms with van der Waals surface area (Å²) in [6.45, 7) is 3.93. The first kappa shape index (κ1) is 14.8. The van der Waals surface area contributed by atoms with E-state index in [4.69, 9.17) is 10.3 Å². The van der Waals surface area contributed by atoms with Gasteiger partial charge in [0.15, 0.2) is 5.37 Å². The van der Waals surface area contributed by atoms with Crippen molar-refractivity contribution >= 4 is 29.4 Å². The number of amides is 1. The standard InChI is InChI=1S/C15H15N3O3S/c1-15(2)11(18-12(19)10(17-16)13(18)22-15)14(20)21-8-9-6-4-3-5-7-9/h3-7,11,13H,8H2,1-2H3/t11-,13+/m0/s1. The van der Waals surface area contributed by atoms with E-state index in [1.807, 2.05) is 44.2 Å². The van der Waals surface area contributed by atoms with E-state index >= 15 is 0 Å². The molecule has 0 bridgehead atoms. The Hall–Kier alpha value is -2.11. The summed E-state index contributed by atoms with van der Waals surface area (Å²) >= 11 is 1.43. The number of hydrogen-bond acceptors (Lipinski definition) is 4. The van der Waals surface area contributed by atoms with E-state index in [1.54, 1.807) is 0 Å². The molecular weight excluding hydrogens is 302 g/mol. The second kappa shape index (κ2) is 5.26. The van der Waals surface area contributed by atoms with Crippen LogP contribution in [0.2, 0.25) is 0 Å². The fraction of sp³-hybridized carbons (Fsp3) is 0.400. The third kappa shape index (κ3) is 2.23. The van der Waals surface area contributed by atoms with Gasteiger partial charge in [0.25, 0.3) is 0 Å². The van der Waals surface area contributed by atoms with Crippen LogP contribution in [0.5, 0.6) is 0 Å². The van der Waals surface area contributed by atoms with Gasteiger partial charge in [0.05, 0.1) is 0 Å². The number of carbonyl (C=O) groups is 2. The zero-order valence-corrected chi connectivity index (χ0v) is 13.0. The number of β-lactam (4-membered cyclic amide) rings is 1. The summed E-state index contributed by atoms with van der Waals surface area (Å²) in [6, 6.07) is 8.70. The summed E-state index contributed by atoms with van der Waals surface area (Å²) in [6.07, 6.45) is 0. The lowest BCUT2D eigenvalue weighted by molar-refractivity contribution is -0.159. The number of benzene rings is 1. The molecule has 2 heterocycles. The van der Waals surface area contributed by atoms with Gasteiger partial charge < -0.3 is 10.3 Å². The van der Waals surface area contributed by atoms with Crippen molar-refractivity contribution in [1.29, 1.82) is 0 Å². The SMILES string of the molecule is CC1(C)S[C@@H]2C(=[N+]=[N-])C(=O)N2[C@H]1C(=O)OCc1ccccc1. The minimum atomic E-state index is -0.677. The fourth-order valence-electron chi connectivity index (χ4n) is 2.76. The summed E-state index contributed by atoms with van der Waals surface area (Å²) in [5.74, 6) is -0.846. The molecule has 0 spiro atoms. The van der Waals surface area contributed by atoms with Gasteiger partial charge in [0.2, 0.25) is 0 Å². The van der Waals surface area contributed by atoms with Gasteiger partial charge in [-0.25, -0.2) is 4.79 Å². The van der Waals surface area contributed by atoms with Gasteiger partial charge in [-0.2, -0.15) is 4.79 Å². The number of esters is 1. The van der Waals surface area contributed by atoms with Crippen molar-refractivity contribution in [2.24, 2.45) is 0 Å². The Morgan fingerprint density at radius 2 is 2.09 bits per heavy atom. The van der Waals surface area contributed by atoms with Crippen molar-refractivity contribution in [2.45, 2.75) is 36.6 Å². The van der Waals surface area contributed by atoms with E-state index in [0.29, 0.717) is 0 Å². The highest BCUT2D eigenvalue weighted by Gasteiger charge is 2.67. The topological polar surface area (TPSA) is 83.0 Å². The predicted molar refractivity (Wildman–Crippen MR) is 81.0 cm³/mol. The molecule has 0 saturated carbocycles. The van der Waals surface area contributed by atoms with E-state index in [-0.39, 0.29) is 17.7 Å². The molecule has 2 fully saturated rings.